The molecule has 2 rings (SSSR count). The largest absolute Gasteiger partial charge is 0.380 e. The maximum absolute atomic E-state index is 4.16. The molecule has 84 valence electrons. The Hall–Kier alpha value is -1.03. The minimum absolute atomic E-state index is 0.613. The number of hydrogen-bond donors (Lipinski definition) is 1. The van der Waals surface area contributed by atoms with E-state index in [0.29, 0.717) is 6.04 Å². The second-order valence-electron chi connectivity index (χ2n) is 4.67. The molecule has 1 saturated carbocycles. The van der Waals surface area contributed by atoms with Crippen molar-refractivity contribution in [2.45, 2.75) is 31.3 Å². The third-order valence-electron chi connectivity index (χ3n) is 3.21. The molecule has 1 heterocycles. The van der Waals surface area contributed by atoms with E-state index < -0.39 is 0 Å². The zero-order valence-electron chi connectivity index (χ0n) is 9.77. The van der Waals surface area contributed by atoms with Crippen LogP contribution >= 0.6 is 0 Å². The standard InChI is InChI=1S/C11H20N4/c1-14(2)11-5-4-9(6-11)13-10-7-12-15(3)8-10/h7-9,11,13H,4-6H2,1-3H3. The number of nitrogens with one attached hydrogen (secondary N) is 1. The summed E-state index contributed by atoms with van der Waals surface area (Å²) in [5.74, 6) is 0. The van der Waals surface area contributed by atoms with Crippen LogP contribution in [0.3, 0.4) is 0 Å². The van der Waals surface area contributed by atoms with Gasteiger partial charge in [-0.1, -0.05) is 0 Å². The van der Waals surface area contributed by atoms with Crippen molar-refractivity contribution in [2.75, 3.05) is 19.4 Å². The van der Waals surface area contributed by atoms with Crippen molar-refractivity contribution in [1.82, 2.24) is 14.7 Å². The molecule has 0 aliphatic heterocycles. The van der Waals surface area contributed by atoms with Gasteiger partial charge in [0.05, 0.1) is 11.9 Å². The van der Waals surface area contributed by atoms with Gasteiger partial charge in [0, 0.05) is 25.3 Å². The number of nitrogens with zero attached hydrogens (tertiary/aromatic N) is 3. The maximum atomic E-state index is 4.16. The van der Waals surface area contributed by atoms with Crippen molar-refractivity contribution in [1.29, 1.82) is 0 Å². The van der Waals surface area contributed by atoms with Gasteiger partial charge < -0.3 is 10.2 Å². The quantitative estimate of drug-likeness (QED) is 0.813. The second-order valence-corrected chi connectivity index (χ2v) is 4.67. The highest BCUT2D eigenvalue weighted by Crippen LogP contribution is 2.25. The van der Waals surface area contributed by atoms with Crippen LogP contribution in [0.25, 0.3) is 0 Å². The third kappa shape index (κ3) is 2.50. The summed E-state index contributed by atoms with van der Waals surface area (Å²) in [6.07, 6.45) is 7.72. The first-order valence-electron chi connectivity index (χ1n) is 5.57. The van der Waals surface area contributed by atoms with E-state index in [-0.39, 0.29) is 0 Å². The van der Waals surface area contributed by atoms with Crippen molar-refractivity contribution >= 4 is 5.69 Å². The predicted octanol–water partition coefficient (Wildman–Crippen LogP) is 1.31. The fourth-order valence-electron chi connectivity index (χ4n) is 2.29. The van der Waals surface area contributed by atoms with E-state index in [1.54, 1.807) is 0 Å². The average molecular weight is 208 g/mol. The first-order valence-corrected chi connectivity index (χ1v) is 5.57. The lowest BCUT2D eigenvalue weighted by molar-refractivity contribution is 0.297. The van der Waals surface area contributed by atoms with Gasteiger partial charge in [-0.25, -0.2) is 0 Å². The molecule has 4 heteroatoms. The van der Waals surface area contributed by atoms with Crippen molar-refractivity contribution in [3.63, 3.8) is 0 Å². The number of aromatic nitrogens is 2. The van der Waals surface area contributed by atoms with Crippen molar-refractivity contribution < 1.29 is 0 Å². The van der Waals surface area contributed by atoms with Gasteiger partial charge in [0.25, 0.3) is 0 Å². The summed E-state index contributed by atoms with van der Waals surface area (Å²) in [5.41, 5.74) is 1.14. The van der Waals surface area contributed by atoms with Gasteiger partial charge in [0.15, 0.2) is 0 Å². The Labute approximate surface area is 91.3 Å². The van der Waals surface area contributed by atoms with E-state index in [2.05, 4.69) is 29.4 Å². The van der Waals surface area contributed by atoms with Gasteiger partial charge in [-0.05, 0) is 33.4 Å². The van der Waals surface area contributed by atoms with Crippen molar-refractivity contribution in [2.24, 2.45) is 7.05 Å². The number of hydrogen-bond acceptors (Lipinski definition) is 3. The van der Waals surface area contributed by atoms with E-state index in [9.17, 15) is 0 Å². The average Bonchev–Trinajstić information content (AvgIpc) is 2.76. The molecule has 4 nitrogen and oxygen atoms in total. The molecule has 1 aromatic heterocycles. The first-order chi connectivity index (χ1) is 7.15. The summed E-state index contributed by atoms with van der Waals surface area (Å²) in [5, 5.41) is 7.69. The Morgan fingerprint density at radius 3 is 2.80 bits per heavy atom. The lowest BCUT2D eigenvalue weighted by Crippen LogP contribution is -2.26. The molecule has 0 spiro atoms. The molecule has 15 heavy (non-hydrogen) atoms. The molecule has 0 amide bonds. The van der Waals surface area contributed by atoms with E-state index in [1.807, 2.05) is 24.1 Å². The lowest BCUT2D eigenvalue weighted by atomic mass is 10.2. The topological polar surface area (TPSA) is 33.1 Å². The summed E-state index contributed by atoms with van der Waals surface area (Å²) in [6, 6.07) is 1.35. The summed E-state index contributed by atoms with van der Waals surface area (Å²) in [4.78, 5) is 2.32. The second kappa shape index (κ2) is 4.23. The normalized spacial score (nSPS) is 26.1. The third-order valence-corrected chi connectivity index (χ3v) is 3.21. The predicted molar refractivity (Wildman–Crippen MR) is 61.9 cm³/mol. The minimum Gasteiger partial charge on any atom is -0.380 e. The summed E-state index contributed by atoms with van der Waals surface area (Å²) < 4.78 is 1.83. The monoisotopic (exact) mass is 208 g/mol. The van der Waals surface area contributed by atoms with Gasteiger partial charge in [0.2, 0.25) is 0 Å². The number of aryl methyl sites for hydroxylation is 1. The van der Waals surface area contributed by atoms with Gasteiger partial charge in [0.1, 0.15) is 0 Å². The molecule has 0 bridgehead atoms. The van der Waals surface area contributed by atoms with Gasteiger partial charge in [-0.3, -0.25) is 4.68 Å². The van der Waals surface area contributed by atoms with Crippen LogP contribution in [0.5, 0.6) is 0 Å². The molecule has 1 aliphatic carbocycles. The lowest BCUT2D eigenvalue weighted by Gasteiger charge is -2.19. The molecule has 2 atom stereocenters. The smallest absolute Gasteiger partial charge is 0.0728 e. The van der Waals surface area contributed by atoms with Gasteiger partial charge >= 0.3 is 0 Å². The molecule has 1 N–H and O–H groups in total. The summed E-state index contributed by atoms with van der Waals surface area (Å²) >= 11 is 0. The molecular weight excluding hydrogens is 188 g/mol. The van der Waals surface area contributed by atoms with Crippen LogP contribution in [-0.4, -0.2) is 40.9 Å². The Kier molecular flexibility index (Phi) is 2.95. The van der Waals surface area contributed by atoms with Gasteiger partial charge in [-0.2, -0.15) is 5.10 Å². The molecule has 0 aromatic carbocycles. The maximum Gasteiger partial charge on any atom is 0.0728 e. The highest BCUT2D eigenvalue weighted by Gasteiger charge is 2.25. The minimum atomic E-state index is 0.613. The Morgan fingerprint density at radius 1 is 1.47 bits per heavy atom. The summed E-state index contributed by atoms with van der Waals surface area (Å²) in [7, 11) is 6.27. The van der Waals surface area contributed by atoms with Crippen LogP contribution in [0.2, 0.25) is 0 Å². The van der Waals surface area contributed by atoms with Crippen LogP contribution in [0.1, 0.15) is 19.3 Å². The van der Waals surface area contributed by atoms with Crippen LogP contribution < -0.4 is 5.32 Å². The fourth-order valence-corrected chi connectivity index (χ4v) is 2.29. The zero-order chi connectivity index (χ0) is 10.8. The first kappa shape index (κ1) is 10.5. The molecule has 1 aromatic rings. The molecule has 2 unspecified atom stereocenters. The van der Waals surface area contributed by atoms with E-state index in [4.69, 9.17) is 0 Å². The van der Waals surface area contributed by atoms with Crippen molar-refractivity contribution in [3.8, 4) is 0 Å². The Morgan fingerprint density at radius 2 is 2.27 bits per heavy atom. The van der Waals surface area contributed by atoms with E-state index in [1.165, 1.54) is 19.3 Å². The SMILES string of the molecule is CN(C)C1CCC(Nc2cnn(C)c2)C1. The van der Waals surface area contributed by atoms with E-state index in [0.717, 1.165) is 11.7 Å². The van der Waals surface area contributed by atoms with Crippen LogP contribution in [0, 0.1) is 0 Å². The molecular formula is C11H20N4. The summed E-state index contributed by atoms with van der Waals surface area (Å²) in [6.45, 7) is 0. The van der Waals surface area contributed by atoms with Crippen molar-refractivity contribution in [3.05, 3.63) is 12.4 Å². The zero-order valence-corrected chi connectivity index (χ0v) is 9.77. The Balaban J connectivity index is 1.87. The molecule has 0 radical (unpaired) electrons. The fraction of sp³-hybridized carbons (Fsp3) is 0.727. The van der Waals surface area contributed by atoms with Crippen LogP contribution in [0.15, 0.2) is 12.4 Å². The van der Waals surface area contributed by atoms with Crippen LogP contribution in [0.4, 0.5) is 5.69 Å². The van der Waals surface area contributed by atoms with Gasteiger partial charge in [-0.15, -0.1) is 0 Å². The number of rotatable bonds is 3. The molecule has 1 fully saturated rings. The highest BCUT2D eigenvalue weighted by atomic mass is 15.3. The van der Waals surface area contributed by atoms with Crippen LogP contribution in [-0.2, 0) is 7.05 Å². The Bertz CT molecular complexity index is 318. The van der Waals surface area contributed by atoms with E-state index >= 15 is 0 Å². The molecule has 0 saturated heterocycles. The number of anilines is 1. The highest BCUT2D eigenvalue weighted by molar-refractivity contribution is 5.39. The molecule has 1 aliphatic rings.